The molecule has 0 saturated carbocycles. The SMILES string of the molecule is CC1(C)CC(NCCNCCNCCNC2CC(C)(C)N([OH2+])C(C)(C)C2)CC(C)(C)N1O. The minimum absolute atomic E-state index is 0.0919. The van der Waals surface area contributed by atoms with E-state index in [0.29, 0.717) is 12.1 Å². The van der Waals surface area contributed by atoms with Crippen LogP contribution in [0.3, 0.4) is 0 Å². The molecule has 0 amide bonds. The Balaban J connectivity index is 1.50. The second kappa shape index (κ2) is 11.0. The van der Waals surface area contributed by atoms with Crippen molar-refractivity contribution in [1.29, 1.82) is 0 Å². The molecule has 8 nitrogen and oxygen atoms in total. The molecule has 7 N–H and O–H groups in total. The molecule has 0 aromatic heterocycles. The van der Waals surface area contributed by atoms with Crippen LogP contribution in [0, 0.1) is 0 Å². The lowest BCUT2D eigenvalue weighted by Gasteiger charge is -2.51. The molecule has 0 unspecified atom stereocenters. The topological polar surface area (TPSA) is 97.7 Å². The quantitative estimate of drug-likeness (QED) is 0.236. The van der Waals surface area contributed by atoms with Gasteiger partial charge in [-0.2, -0.15) is 5.06 Å². The molecule has 2 saturated heterocycles. The van der Waals surface area contributed by atoms with Gasteiger partial charge in [0.15, 0.2) is 0 Å². The molecule has 0 aromatic carbocycles. The van der Waals surface area contributed by atoms with Crippen LogP contribution in [-0.2, 0) is 0 Å². The monoisotopic (exact) mass is 457 g/mol. The van der Waals surface area contributed by atoms with E-state index in [-0.39, 0.29) is 22.2 Å². The van der Waals surface area contributed by atoms with Crippen molar-refractivity contribution in [1.82, 2.24) is 31.4 Å². The Kier molecular flexibility index (Phi) is 9.55. The number of hydroxylamine groups is 4. The summed E-state index contributed by atoms with van der Waals surface area (Å²) in [4.78, 5) is 0. The summed E-state index contributed by atoms with van der Waals surface area (Å²) in [6.45, 7) is 22.9. The van der Waals surface area contributed by atoms with E-state index in [0.717, 1.165) is 65.0 Å². The van der Waals surface area contributed by atoms with Gasteiger partial charge in [0.2, 0.25) is 0 Å². The number of hydrogen-bond acceptors (Lipinski definition) is 7. The third-order valence-corrected chi connectivity index (χ3v) is 7.29. The van der Waals surface area contributed by atoms with Crippen LogP contribution in [0.4, 0.5) is 0 Å². The fourth-order valence-corrected chi connectivity index (χ4v) is 6.00. The van der Waals surface area contributed by atoms with Gasteiger partial charge in [0.1, 0.15) is 0 Å². The van der Waals surface area contributed by atoms with Gasteiger partial charge < -0.3 is 31.7 Å². The molecule has 2 rings (SSSR count). The van der Waals surface area contributed by atoms with Crippen LogP contribution in [0.25, 0.3) is 0 Å². The molecule has 2 fully saturated rings. The summed E-state index contributed by atoms with van der Waals surface area (Å²) in [5.74, 6) is 0. The molecule has 0 radical (unpaired) electrons. The highest BCUT2D eigenvalue weighted by Crippen LogP contribution is 2.37. The van der Waals surface area contributed by atoms with E-state index in [1.807, 2.05) is 0 Å². The molecule has 0 aliphatic carbocycles. The Bertz CT molecular complexity index is 495. The highest BCUT2D eigenvalue weighted by Gasteiger charge is 2.48. The molecule has 8 heteroatoms. The highest BCUT2D eigenvalue weighted by molar-refractivity contribution is 4.99. The lowest BCUT2D eigenvalue weighted by atomic mass is 9.79. The summed E-state index contributed by atoms with van der Waals surface area (Å²) < 4.78 is 0. The fourth-order valence-electron chi connectivity index (χ4n) is 6.00. The van der Waals surface area contributed by atoms with E-state index in [4.69, 9.17) is 5.21 Å². The Morgan fingerprint density at radius 2 is 0.938 bits per heavy atom. The third-order valence-electron chi connectivity index (χ3n) is 7.29. The number of nitrogens with zero attached hydrogens (tertiary/aromatic N) is 2. The van der Waals surface area contributed by atoms with E-state index < -0.39 is 0 Å². The third kappa shape index (κ3) is 7.60. The first kappa shape index (κ1) is 27.9. The molecule has 2 heterocycles. The predicted octanol–water partition coefficient (Wildman–Crippen LogP) is 1.42. The number of nitrogens with one attached hydrogen (secondary N) is 4. The Hall–Kier alpha value is -0.320. The van der Waals surface area contributed by atoms with E-state index in [9.17, 15) is 5.21 Å². The van der Waals surface area contributed by atoms with Crippen molar-refractivity contribution < 1.29 is 10.4 Å². The number of hydrogen-bond donors (Lipinski definition) is 5. The lowest BCUT2D eigenvalue weighted by Crippen LogP contribution is -2.62. The second-order valence-corrected chi connectivity index (χ2v) is 12.5. The molecule has 190 valence electrons. The first-order chi connectivity index (χ1) is 14.7. The van der Waals surface area contributed by atoms with Crippen LogP contribution in [0.1, 0.15) is 81.1 Å². The minimum Gasteiger partial charge on any atom is -0.338 e. The molecule has 2 aliphatic rings. The van der Waals surface area contributed by atoms with Crippen LogP contribution >= 0.6 is 0 Å². The van der Waals surface area contributed by atoms with Crippen LogP contribution in [0.2, 0.25) is 0 Å². The first-order valence-electron chi connectivity index (χ1n) is 12.6. The summed E-state index contributed by atoms with van der Waals surface area (Å²) in [5, 5.41) is 36.5. The van der Waals surface area contributed by atoms with E-state index in [2.05, 4.69) is 76.7 Å². The maximum atomic E-state index is 10.4. The molecule has 0 bridgehead atoms. The van der Waals surface area contributed by atoms with Crippen molar-refractivity contribution in [3.63, 3.8) is 0 Å². The number of piperidine rings is 2. The Labute approximate surface area is 196 Å². The number of rotatable bonds is 11. The van der Waals surface area contributed by atoms with Crippen molar-refractivity contribution in [2.45, 2.75) is 115 Å². The average molecular weight is 458 g/mol. The summed E-state index contributed by atoms with van der Waals surface area (Å²) in [6, 6.07) is 0.909. The zero-order chi connectivity index (χ0) is 24.2. The van der Waals surface area contributed by atoms with E-state index in [1.54, 1.807) is 5.06 Å². The highest BCUT2D eigenvalue weighted by atomic mass is 16.5. The molecule has 0 spiro atoms. The van der Waals surface area contributed by atoms with Crippen LogP contribution in [0.5, 0.6) is 0 Å². The van der Waals surface area contributed by atoms with Gasteiger partial charge in [0, 0.05) is 62.4 Å². The van der Waals surface area contributed by atoms with Crippen molar-refractivity contribution in [2.75, 3.05) is 39.3 Å². The van der Waals surface area contributed by atoms with E-state index >= 15 is 0 Å². The fraction of sp³-hybridized carbons (Fsp3) is 1.00. The van der Waals surface area contributed by atoms with Gasteiger partial charge in [-0.25, -0.2) is 0 Å². The molecular formula is C24H53N6O2+. The van der Waals surface area contributed by atoms with Crippen LogP contribution in [-0.4, -0.2) is 94.0 Å². The molecule has 0 aromatic rings. The van der Waals surface area contributed by atoms with Gasteiger partial charge in [-0.15, -0.1) is 0 Å². The maximum Gasteiger partial charge on any atom is 0.0849 e. The van der Waals surface area contributed by atoms with Gasteiger partial charge in [-0.05, 0) is 81.1 Å². The van der Waals surface area contributed by atoms with E-state index in [1.165, 1.54) is 5.06 Å². The zero-order valence-electron chi connectivity index (χ0n) is 22.1. The molecule has 32 heavy (non-hydrogen) atoms. The van der Waals surface area contributed by atoms with Gasteiger partial charge in [0.05, 0.1) is 11.1 Å². The molecular weight excluding hydrogens is 404 g/mol. The maximum absolute atomic E-state index is 10.4. The largest absolute Gasteiger partial charge is 0.338 e. The van der Waals surface area contributed by atoms with Gasteiger partial charge in [-0.1, -0.05) is 5.06 Å². The van der Waals surface area contributed by atoms with Crippen molar-refractivity contribution >= 4 is 0 Å². The summed E-state index contributed by atoms with van der Waals surface area (Å²) >= 11 is 0. The first-order valence-corrected chi connectivity index (χ1v) is 12.6. The Morgan fingerprint density at radius 1 is 0.625 bits per heavy atom. The average Bonchev–Trinajstić information content (AvgIpc) is 2.64. The molecule has 2 aliphatic heterocycles. The normalized spacial score (nSPS) is 26.4. The summed E-state index contributed by atoms with van der Waals surface area (Å²) in [6.07, 6.45) is 3.94. The van der Waals surface area contributed by atoms with Gasteiger partial charge in [0.25, 0.3) is 0 Å². The smallest absolute Gasteiger partial charge is 0.0849 e. The van der Waals surface area contributed by atoms with Crippen molar-refractivity contribution in [3.8, 4) is 0 Å². The van der Waals surface area contributed by atoms with Crippen LogP contribution in [0.15, 0.2) is 0 Å². The summed E-state index contributed by atoms with van der Waals surface area (Å²) in [5.41, 5.74) is -0.583. The Morgan fingerprint density at radius 3 is 1.31 bits per heavy atom. The predicted molar refractivity (Wildman–Crippen MR) is 133 cm³/mol. The zero-order valence-corrected chi connectivity index (χ0v) is 22.1. The standard InChI is InChI=1S/C24H52N6O2/c1-21(2)15-19(16-22(3,4)29(21)31)27-13-11-25-9-10-26-12-14-28-20-17-23(5,6)30(32)24(7,8)18-20/h19-20,25-28,31-32H,9-18H2,1-8H3/p+1. The van der Waals surface area contributed by atoms with Crippen molar-refractivity contribution in [3.05, 3.63) is 0 Å². The summed E-state index contributed by atoms with van der Waals surface area (Å²) in [7, 11) is 0. The van der Waals surface area contributed by atoms with Crippen molar-refractivity contribution in [2.24, 2.45) is 0 Å². The second-order valence-electron chi connectivity index (χ2n) is 12.5. The lowest BCUT2D eigenvalue weighted by molar-refractivity contribution is -0.246. The minimum atomic E-state index is -0.200. The van der Waals surface area contributed by atoms with Crippen LogP contribution < -0.4 is 21.3 Å². The molecule has 0 atom stereocenters. The van der Waals surface area contributed by atoms with Gasteiger partial charge >= 0.3 is 0 Å². The van der Waals surface area contributed by atoms with Gasteiger partial charge in [-0.3, -0.25) is 0 Å².